The molecule has 0 aliphatic heterocycles. The second kappa shape index (κ2) is 1.71. The smallest absolute Gasteiger partial charge is 0.00284 e. The van der Waals surface area contributed by atoms with Crippen molar-refractivity contribution in [2.45, 2.75) is 23.8 Å². The minimum absolute atomic E-state index is 0.715. The molecule has 36 valence electrons. The molecule has 0 saturated heterocycles. The zero-order valence-electron chi connectivity index (χ0n) is 3.59. The monoisotopic (exact) mass is 120 g/mol. The largest absolute Gasteiger partial charge is 0.176 e. The van der Waals surface area contributed by atoms with Gasteiger partial charge in [-0.2, -0.15) is 12.6 Å². The van der Waals surface area contributed by atoms with Crippen LogP contribution in [0.5, 0.6) is 0 Å². The standard InChI is InChI=1S/C4H9PS/c5-3-1-4(6)2-3/h3-4,6H,1-2,5H2. The maximum Gasteiger partial charge on any atom is 0.00284 e. The van der Waals surface area contributed by atoms with Gasteiger partial charge in [0.05, 0.1) is 0 Å². The lowest BCUT2D eigenvalue weighted by Crippen LogP contribution is -2.23. The Hall–Kier alpha value is 0.780. The van der Waals surface area contributed by atoms with Crippen molar-refractivity contribution in [3.63, 3.8) is 0 Å². The van der Waals surface area contributed by atoms with Gasteiger partial charge in [-0.15, -0.1) is 9.24 Å². The van der Waals surface area contributed by atoms with Gasteiger partial charge in [0.15, 0.2) is 0 Å². The lowest BCUT2D eigenvalue weighted by molar-refractivity contribution is 0.543. The molecule has 0 nitrogen and oxygen atoms in total. The normalized spacial score (nSPS) is 45.0. The summed E-state index contributed by atoms with van der Waals surface area (Å²) in [6.07, 6.45) is 2.60. The predicted molar refractivity (Wildman–Crippen MR) is 35.5 cm³/mol. The third-order valence-corrected chi connectivity index (χ3v) is 2.12. The maximum atomic E-state index is 4.23. The summed E-state index contributed by atoms with van der Waals surface area (Å²) < 4.78 is 0. The molecule has 1 rings (SSSR count). The van der Waals surface area contributed by atoms with E-state index in [1.54, 1.807) is 0 Å². The Balaban J connectivity index is 2.11. The Morgan fingerprint density at radius 2 is 2.00 bits per heavy atom. The average molecular weight is 120 g/mol. The Labute approximate surface area is 46.3 Å². The third-order valence-electron chi connectivity index (χ3n) is 1.15. The van der Waals surface area contributed by atoms with E-state index in [1.807, 2.05) is 0 Å². The molecule has 1 fully saturated rings. The highest BCUT2D eigenvalue weighted by atomic mass is 32.1. The summed E-state index contributed by atoms with van der Waals surface area (Å²) in [4.78, 5) is 0. The van der Waals surface area contributed by atoms with Gasteiger partial charge in [0.2, 0.25) is 0 Å². The van der Waals surface area contributed by atoms with Crippen molar-refractivity contribution in [2.24, 2.45) is 0 Å². The molecule has 6 heavy (non-hydrogen) atoms. The third kappa shape index (κ3) is 0.886. The second-order valence-electron chi connectivity index (χ2n) is 1.89. The van der Waals surface area contributed by atoms with E-state index in [0.717, 1.165) is 5.66 Å². The van der Waals surface area contributed by atoms with Crippen LogP contribution in [0.25, 0.3) is 0 Å². The van der Waals surface area contributed by atoms with E-state index in [4.69, 9.17) is 0 Å². The highest BCUT2D eigenvalue weighted by Gasteiger charge is 2.20. The van der Waals surface area contributed by atoms with Gasteiger partial charge in [0, 0.05) is 5.25 Å². The summed E-state index contributed by atoms with van der Waals surface area (Å²) in [5.41, 5.74) is 0.882. The molecule has 1 aliphatic carbocycles. The molecule has 1 saturated carbocycles. The first kappa shape index (κ1) is 4.93. The van der Waals surface area contributed by atoms with Crippen LogP contribution in [-0.2, 0) is 0 Å². The average Bonchev–Trinajstić information content (AvgIpc) is 1.33. The van der Waals surface area contributed by atoms with Crippen LogP contribution in [0, 0.1) is 0 Å². The Morgan fingerprint density at radius 1 is 1.50 bits per heavy atom. The fourth-order valence-corrected chi connectivity index (χ4v) is 2.29. The lowest BCUT2D eigenvalue weighted by atomic mass is 9.99. The summed E-state index contributed by atoms with van der Waals surface area (Å²) in [6, 6.07) is 0. The fourth-order valence-electron chi connectivity index (χ4n) is 0.630. The highest BCUT2D eigenvalue weighted by Crippen LogP contribution is 2.30. The van der Waals surface area contributed by atoms with E-state index in [9.17, 15) is 0 Å². The van der Waals surface area contributed by atoms with Crippen LogP contribution >= 0.6 is 21.9 Å². The molecule has 0 amide bonds. The molecule has 0 aromatic heterocycles. The SMILES string of the molecule is PC1CC(S)C1. The van der Waals surface area contributed by atoms with E-state index in [0.29, 0.717) is 5.25 Å². The number of rotatable bonds is 0. The van der Waals surface area contributed by atoms with Crippen molar-refractivity contribution in [1.29, 1.82) is 0 Å². The first-order chi connectivity index (χ1) is 2.79. The molecular weight excluding hydrogens is 111 g/mol. The zero-order valence-corrected chi connectivity index (χ0v) is 5.64. The molecule has 0 bridgehead atoms. The zero-order chi connectivity index (χ0) is 4.57. The van der Waals surface area contributed by atoms with Gasteiger partial charge in [-0.05, 0) is 18.5 Å². The molecule has 1 aliphatic rings. The first-order valence-electron chi connectivity index (χ1n) is 2.22. The van der Waals surface area contributed by atoms with Crippen molar-refractivity contribution in [1.82, 2.24) is 0 Å². The summed E-state index contributed by atoms with van der Waals surface area (Å²) in [5, 5.41) is 0.715. The molecule has 0 spiro atoms. The van der Waals surface area contributed by atoms with Gasteiger partial charge in [0.25, 0.3) is 0 Å². The molecule has 1 unspecified atom stereocenters. The summed E-state index contributed by atoms with van der Waals surface area (Å²) in [6.45, 7) is 0. The van der Waals surface area contributed by atoms with E-state index in [2.05, 4.69) is 21.9 Å². The van der Waals surface area contributed by atoms with Gasteiger partial charge < -0.3 is 0 Å². The van der Waals surface area contributed by atoms with Gasteiger partial charge in [-0.25, -0.2) is 0 Å². The molecule has 1 atom stereocenters. The Bertz CT molecular complexity index is 43.5. The second-order valence-corrected chi connectivity index (χ2v) is 3.56. The number of hydrogen-bond acceptors (Lipinski definition) is 1. The van der Waals surface area contributed by atoms with Gasteiger partial charge >= 0.3 is 0 Å². The van der Waals surface area contributed by atoms with E-state index < -0.39 is 0 Å². The molecule has 0 heterocycles. The van der Waals surface area contributed by atoms with Crippen LogP contribution in [0.4, 0.5) is 0 Å². The van der Waals surface area contributed by atoms with Crippen molar-refractivity contribution >= 4 is 21.9 Å². The summed E-state index contributed by atoms with van der Waals surface area (Å²) in [7, 11) is 2.80. The van der Waals surface area contributed by atoms with Crippen LogP contribution in [0.15, 0.2) is 0 Å². The quantitative estimate of drug-likeness (QED) is 0.362. The molecule has 0 radical (unpaired) electrons. The van der Waals surface area contributed by atoms with E-state index in [-0.39, 0.29) is 0 Å². The van der Waals surface area contributed by atoms with Crippen LogP contribution in [0.2, 0.25) is 0 Å². The van der Waals surface area contributed by atoms with Crippen molar-refractivity contribution in [3.8, 4) is 0 Å². The minimum atomic E-state index is 0.715. The van der Waals surface area contributed by atoms with E-state index >= 15 is 0 Å². The molecule has 2 heteroatoms. The molecular formula is C4H9PS. The Morgan fingerprint density at radius 3 is 2.00 bits per heavy atom. The maximum absolute atomic E-state index is 4.23. The topological polar surface area (TPSA) is 0 Å². The minimum Gasteiger partial charge on any atom is -0.176 e. The van der Waals surface area contributed by atoms with Crippen molar-refractivity contribution in [3.05, 3.63) is 0 Å². The van der Waals surface area contributed by atoms with Gasteiger partial charge in [0.1, 0.15) is 0 Å². The first-order valence-corrected chi connectivity index (χ1v) is 3.41. The Kier molecular flexibility index (Phi) is 1.41. The lowest BCUT2D eigenvalue weighted by Gasteiger charge is -2.27. The molecule has 0 aromatic carbocycles. The number of thiol groups is 1. The van der Waals surface area contributed by atoms with Crippen LogP contribution in [-0.4, -0.2) is 10.9 Å². The van der Waals surface area contributed by atoms with Crippen molar-refractivity contribution in [2.75, 3.05) is 0 Å². The van der Waals surface area contributed by atoms with Crippen molar-refractivity contribution < 1.29 is 0 Å². The van der Waals surface area contributed by atoms with E-state index in [1.165, 1.54) is 12.8 Å². The molecule has 0 N–H and O–H groups in total. The van der Waals surface area contributed by atoms with Crippen LogP contribution in [0.1, 0.15) is 12.8 Å². The van der Waals surface area contributed by atoms with Gasteiger partial charge in [-0.3, -0.25) is 0 Å². The van der Waals surface area contributed by atoms with Crippen LogP contribution < -0.4 is 0 Å². The molecule has 0 aromatic rings. The summed E-state index contributed by atoms with van der Waals surface area (Å²) in [5.74, 6) is 0. The predicted octanol–water partition coefficient (Wildman–Crippen LogP) is 1.32. The van der Waals surface area contributed by atoms with Crippen LogP contribution in [0.3, 0.4) is 0 Å². The fraction of sp³-hybridized carbons (Fsp3) is 1.00. The van der Waals surface area contributed by atoms with Gasteiger partial charge in [-0.1, -0.05) is 0 Å². The highest BCUT2D eigenvalue weighted by molar-refractivity contribution is 7.81. The number of hydrogen-bond donors (Lipinski definition) is 1. The summed E-state index contributed by atoms with van der Waals surface area (Å²) >= 11 is 4.23.